The second-order valence-corrected chi connectivity index (χ2v) is 8.55. The fourth-order valence-corrected chi connectivity index (χ4v) is 3.34. The van der Waals surface area contributed by atoms with Gasteiger partial charge in [-0.25, -0.2) is 0 Å². The Morgan fingerprint density at radius 3 is 2.07 bits per heavy atom. The molecule has 0 aliphatic rings. The summed E-state index contributed by atoms with van der Waals surface area (Å²) in [5, 5.41) is 9.77. The molecule has 0 amide bonds. The van der Waals surface area contributed by atoms with Gasteiger partial charge in [0, 0.05) is 13.7 Å². The van der Waals surface area contributed by atoms with Crippen LogP contribution in [0.5, 0.6) is 0 Å². The average Bonchev–Trinajstić information content (AvgIpc) is 2.70. The average molecular weight is 413 g/mol. The van der Waals surface area contributed by atoms with Crippen LogP contribution >= 0.6 is 0 Å². The van der Waals surface area contributed by atoms with Crippen LogP contribution in [0.4, 0.5) is 0 Å². The van der Waals surface area contributed by atoms with Crippen LogP contribution in [0.1, 0.15) is 39.2 Å². The number of carbonyl (C=O) groups excluding carboxylic acids is 1. The van der Waals surface area contributed by atoms with Gasteiger partial charge in [-0.2, -0.15) is 0 Å². The van der Waals surface area contributed by atoms with Crippen molar-refractivity contribution in [2.45, 2.75) is 45.6 Å². The number of carboxylic acids is 1. The topological polar surface area (TPSA) is 72.8 Å². The molecule has 5 heteroatoms. The lowest BCUT2D eigenvalue weighted by molar-refractivity contribution is -0.161. The number of carboxylic acid groups (broad SMARTS) is 1. The maximum absolute atomic E-state index is 12.6. The van der Waals surface area contributed by atoms with Gasteiger partial charge in [0.1, 0.15) is 5.60 Å². The first-order chi connectivity index (χ1) is 14.2. The number of esters is 1. The van der Waals surface area contributed by atoms with Crippen molar-refractivity contribution in [1.82, 2.24) is 0 Å². The third-order valence-electron chi connectivity index (χ3n) is 4.87. The Morgan fingerprint density at radius 2 is 1.53 bits per heavy atom. The van der Waals surface area contributed by atoms with Gasteiger partial charge in [0.15, 0.2) is 0 Å². The van der Waals surface area contributed by atoms with E-state index in [1.807, 2.05) is 54.6 Å². The molecule has 0 saturated heterocycles. The van der Waals surface area contributed by atoms with Crippen LogP contribution in [0.25, 0.3) is 11.1 Å². The van der Waals surface area contributed by atoms with Gasteiger partial charge in [0.2, 0.25) is 0 Å². The molecule has 2 atom stereocenters. The first-order valence-electron chi connectivity index (χ1n) is 10.3. The predicted octanol–water partition coefficient (Wildman–Crippen LogP) is 4.98. The van der Waals surface area contributed by atoms with Gasteiger partial charge in [-0.1, -0.05) is 54.6 Å². The molecule has 162 valence electrons. The summed E-state index contributed by atoms with van der Waals surface area (Å²) in [6, 6.07) is 17.9. The van der Waals surface area contributed by atoms with Crippen molar-refractivity contribution in [2.24, 2.45) is 11.8 Å². The first-order valence-corrected chi connectivity index (χ1v) is 10.3. The Bertz CT molecular complexity index is 806. The zero-order valence-corrected chi connectivity index (χ0v) is 18.3. The summed E-state index contributed by atoms with van der Waals surface area (Å²) in [6.07, 6.45) is 1.01. The SMILES string of the molecule is COCC[C@H](C[C@@H](Cc1ccc(-c2ccccc2)cc1)C(=O)O)C(=O)OC(C)(C)C. The van der Waals surface area contributed by atoms with Gasteiger partial charge < -0.3 is 14.6 Å². The van der Waals surface area contributed by atoms with Crippen LogP contribution in [-0.2, 0) is 25.5 Å². The number of hydrogen-bond donors (Lipinski definition) is 1. The van der Waals surface area contributed by atoms with E-state index in [9.17, 15) is 14.7 Å². The third-order valence-corrected chi connectivity index (χ3v) is 4.87. The number of benzene rings is 2. The summed E-state index contributed by atoms with van der Waals surface area (Å²) in [6.45, 7) is 5.80. The largest absolute Gasteiger partial charge is 0.481 e. The lowest BCUT2D eigenvalue weighted by Gasteiger charge is -2.25. The van der Waals surface area contributed by atoms with Crippen molar-refractivity contribution in [3.8, 4) is 11.1 Å². The highest BCUT2D eigenvalue weighted by molar-refractivity contribution is 5.75. The highest BCUT2D eigenvalue weighted by Crippen LogP contribution is 2.25. The van der Waals surface area contributed by atoms with Gasteiger partial charge in [-0.05, 0) is 56.7 Å². The molecule has 0 fully saturated rings. The first kappa shape index (κ1) is 23.6. The van der Waals surface area contributed by atoms with Crippen LogP contribution in [0.2, 0.25) is 0 Å². The van der Waals surface area contributed by atoms with Crippen LogP contribution in [-0.4, -0.2) is 36.4 Å². The van der Waals surface area contributed by atoms with E-state index in [1.165, 1.54) is 0 Å². The second kappa shape index (κ2) is 10.9. The third kappa shape index (κ3) is 7.64. The predicted molar refractivity (Wildman–Crippen MR) is 117 cm³/mol. The maximum Gasteiger partial charge on any atom is 0.309 e. The van der Waals surface area contributed by atoms with E-state index in [-0.39, 0.29) is 12.4 Å². The van der Waals surface area contributed by atoms with Crippen molar-refractivity contribution < 1.29 is 24.2 Å². The maximum atomic E-state index is 12.6. The van der Waals surface area contributed by atoms with Crippen molar-refractivity contribution in [1.29, 1.82) is 0 Å². The summed E-state index contributed by atoms with van der Waals surface area (Å²) >= 11 is 0. The number of hydrogen-bond acceptors (Lipinski definition) is 4. The molecule has 0 radical (unpaired) electrons. The fourth-order valence-electron chi connectivity index (χ4n) is 3.34. The molecule has 30 heavy (non-hydrogen) atoms. The summed E-state index contributed by atoms with van der Waals surface area (Å²) in [7, 11) is 1.56. The lowest BCUT2D eigenvalue weighted by Crippen LogP contribution is -2.32. The second-order valence-electron chi connectivity index (χ2n) is 8.55. The zero-order valence-electron chi connectivity index (χ0n) is 18.3. The lowest BCUT2D eigenvalue weighted by atomic mass is 9.87. The van der Waals surface area contributed by atoms with Crippen LogP contribution < -0.4 is 0 Å². The van der Waals surface area contributed by atoms with E-state index >= 15 is 0 Å². The normalized spacial score (nSPS) is 13.5. The molecule has 0 saturated carbocycles. The molecular weight excluding hydrogens is 380 g/mol. The van der Waals surface area contributed by atoms with Gasteiger partial charge in [-0.3, -0.25) is 9.59 Å². The summed E-state index contributed by atoms with van der Waals surface area (Å²) in [4.78, 5) is 24.5. The summed E-state index contributed by atoms with van der Waals surface area (Å²) in [5.41, 5.74) is 2.51. The summed E-state index contributed by atoms with van der Waals surface area (Å²) < 4.78 is 10.6. The Morgan fingerprint density at radius 1 is 0.933 bits per heavy atom. The zero-order chi connectivity index (χ0) is 22.1. The minimum absolute atomic E-state index is 0.216. The highest BCUT2D eigenvalue weighted by atomic mass is 16.6. The quantitative estimate of drug-likeness (QED) is 0.557. The van der Waals surface area contributed by atoms with Crippen molar-refractivity contribution in [2.75, 3.05) is 13.7 Å². The van der Waals surface area contributed by atoms with Crippen LogP contribution in [0, 0.1) is 11.8 Å². The number of ether oxygens (including phenoxy) is 2. The molecule has 2 aromatic rings. The Kier molecular flexibility index (Phi) is 8.60. The Labute approximate surface area is 179 Å². The molecule has 0 unspecified atom stereocenters. The molecule has 5 nitrogen and oxygen atoms in total. The number of rotatable bonds is 10. The fraction of sp³-hybridized carbons (Fsp3) is 0.440. The number of methoxy groups -OCH3 is 1. The molecule has 0 bridgehead atoms. The smallest absolute Gasteiger partial charge is 0.309 e. The van der Waals surface area contributed by atoms with E-state index < -0.39 is 23.4 Å². The van der Waals surface area contributed by atoms with Gasteiger partial charge in [-0.15, -0.1) is 0 Å². The molecule has 2 aromatic carbocycles. The van der Waals surface area contributed by atoms with Gasteiger partial charge in [0.25, 0.3) is 0 Å². The van der Waals surface area contributed by atoms with Crippen molar-refractivity contribution >= 4 is 11.9 Å². The Hall–Kier alpha value is -2.66. The molecule has 0 aromatic heterocycles. The van der Waals surface area contributed by atoms with Crippen LogP contribution in [0.15, 0.2) is 54.6 Å². The van der Waals surface area contributed by atoms with E-state index in [1.54, 1.807) is 27.9 Å². The number of carbonyl (C=O) groups is 2. The van der Waals surface area contributed by atoms with Crippen molar-refractivity contribution in [3.63, 3.8) is 0 Å². The van der Waals surface area contributed by atoms with E-state index in [2.05, 4.69) is 0 Å². The van der Waals surface area contributed by atoms with Gasteiger partial charge >= 0.3 is 11.9 Å². The van der Waals surface area contributed by atoms with E-state index in [4.69, 9.17) is 9.47 Å². The molecule has 2 rings (SSSR count). The van der Waals surface area contributed by atoms with E-state index in [0.717, 1.165) is 16.7 Å². The molecule has 0 heterocycles. The Balaban J connectivity index is 2.11. The number of aliphatic carboxylic acids is 1. The van der Waals surface area contributed by atoms with Crippen LogP contribution in [0.3, 0.4) is 0 Å². The van der Waals surface area contributed by atoms with Gasteiger partial charge in [0.05, 0.1) is 11.8 Å². The molecule has 1 N–H and O–H groups in total. The molecule has 0 spiro atoms. The minimum atomic E-state index is -0.909. The summed E-state index contributed by atoms with van der Waals surface area (Å²) in [5.74, 6) is -2.48. The monoisotopic (exact) mass is 412 g/mol. The van der Waals surface area contributed by atoms with Crippen molar-refractivity contribution in [3.05, 3.63) is 60.2 Å². The molecule has 0 aliphatic heterocycles. The highest BCUT2D eigenvalue weighted by Gasteiger charge is 2.30. The molecular formula is C25H32O5. The standard InChI is InChI=1S/C25H32O5/c1-25(2,3)30-24(28)21(14-15-29-4)17-22(23(26)27)16-18-10-12-20(13-11-18)19-8-6-5-7-9-19/h5-13,21-22H,14-17H2,1-4H3,(H,26,27)/t21-,22-/m1/s1. The van der Waals surface area contributed by atoms with E-state index in [0.29, 0.717) is 19.4 Å². The molecule has 0 aliphatic carbocycles. The minimum Gasteiger partial charge on any atom is -0.481 e.